The van der Waals surface area contributed by atoms with Gasteiger partial charge in [-0.05, 0) is 24.6 Å². The minimum atomic E-state index is -0.496. The number of fused-ring (bicyclic) bond motifs is 5. The maximum atomic E-state index is 13.1. The highest BCUT2D eigenvalue weighted by Gasteiger charge is 2.40. The van der Waals surface area contributed by atoms with Crippen molar-refractivity contribution in [2.75, 3.05) is 51.9 Å². The third-order valence-corrected chi connectivity index (χ3v) is 6.07. The van der Waals surface area contributed by atoms with Gasteiger partial charge in [-0.15, -0.1) is 0 Å². The Labute approximate surface area is 197 Å². The SMILES string of the molecule is CCOc1cc2cc(c1)-c1cnn3ccc(nc13)OC[C@@H]1C[C@@H](OCCOC)C(=O)N1CCN2. The zero-order valence-electron chi connectivity index (χ0n) is 19.4. The largest absolute Gasteiger partial charge is 0.494 e. The number of anilines is 1. The summed E-state index contributed by atoms with van der Waals surface area (Å²) in [5, 5.41) is 7.89. The molecule has 10 nitrogen and oxygen atoms in total. The van der Waals surface area contributed by atoms with Crippen molar-refractivity contribution in [3.63, 3.8) is 0 Å². The van der Waals surface area contributed by atoms with Crippen molar-refractivity contribution in [3.8, 4) is 22.8 Å². The van der Waals surface area contributed by atoms with Crippen LogP contribution in [0.15, 0.2) is 36.7 Å². The molecule has 0 spiro atoms. The second kappa shape index (κ2) is 9.86. The predicted molar refractivity (Wildman–Crippen MR) is 125 cm³/mol. The van der Waals surface area contributed by atoms with E-state index in [4.69, 9.17) is 23.9 Å². The number of carbonyl (C=O) groups is 1. The fraction of sp³-hybridized carbons (Fsp3) is 0.458. The van der Waals surface area contributed by atoms with Crippen LogP contribution in [0.25, 0.3) is 16.8 Å². The summed E-state index contributed by atoms with van der Waals surface area (Å²) in [6, 6.07) is 7.66. The Kier molecular flexibility index (Phi) is 6.50. The van der Waals surface area contributed by atoms with Gasteiger partial charge in [0.05, 0.1) is 32.1 Å². The van der Waals surface area contributed by atoms with Gasteiger partial charge in [0.2, 0.25) is 5.88 Å². The number of ether oxygens (including phenoxy) is 4. The zero-order chi connectivity index (χ0) is 23.5. The van der Waals surface area contributed by atoms with Crippen LogP contribution in [0, 0.1) is 0 Å². The van der Waals surface area contributed by atoms with E-state index < -0.39 is 6.10 Å². The van der Waals surface area contributed by atoms with Crippen molar-refractivity contribution in [2.24, 2.45) is 0 Å². The third-order valence-electron chi connectivity index (χ3n) is 6.07. The van der Waals surface area contributed by atoms with E-state index in [1.165, 1.54) is 0 Å². The van der Waals surface area contributed by atoms with Gasteiger partial charge in [0.1, 0.15) is 18.5 Å². The Bertz CT molecular complexity index is 1170. The van der Waals surface area contributed by atoms with E-state index in [-0.39, 0.29) is 11.9 Å². The lowest BCUT2D eigenvalue weighted by Crippen LogP contribution is -2.41. The molecule has 1 saturated heterocycles. The van der Waals surface area contributed by atoms with E-state index in [9.17, 15) is 4.79 Å². The van der Waals surface area contributed by atoms with Crippen molar-refractivity contribution in [2.45, 2.75) is 25.5 Å². The second-order valence-corrected chi connectivity index (χ2v) is 8.28. The van der Waals surface area contributed by atoms with Gasteiger partial charge in [-0.3, -0.25) is 4.79 Å². The molecule has 10 heteroatoms. The molecule has 1 amide bonds. The summed E-state index contributed by atoms with van der Waals surface area (Å²) in [7, 11) is 1.61. The molecule has 1 N–H and O–H groups in total. The van der Waals surface area contributed by atoms with Gasteiger partial charge < -0.3 is 29.2 Å². The second-order valence-electron chi connectivity index (χ2n) is 8.28. The van der Waals surface area contributed by atoms with Gasteiger partial charge in [-0.1, -0.05) is 0 Å². The lowest BCUT2D eigenvalue weighted by molar-refractivity contribution is -0.138. The first-order valence-corrected chi connectivity index (χ1v) is 11.6. The number of methoxy groups -OCH3 is 1. The van der Waals surface area contributed by atoms with E-state index in [1.54, 1.807) is 23.9 Å². The van der Waals surface area contributed by atoms with E-state index >= 15 is 0 Å². The summed E-state index contributed by atoms with van der Waals surface area (Å²) in [6.45, 7) is 4.78. The molecule has 180 valence electrons. The smallest absolute Gasteiger partial charge is 0.252 e. The molecule has 4 bridgehead atoms. The van der Waals surface area contributed by atoms with Crippen molar-refractivity contribution in [1.82, 2.24) is 19.5 Å². The van der Waals surface area contributed by atoms with Gasteiger partial charge in [0.15, 0.2) is 5.65 Å². The molecule has 0 radical (unpaired) electrons. The van der Waals surface area contributed by atoms with Crippen LogP contribution >= 0.6 is 0 Å². The number of amides is 1. The molecule has 34 heavy (non-hydrogen) atoms. The molecule has 3 aromatic rings. The van der Waals surface area contributed by atoms with Crippen LogP contribution in [-0.2, 0) is 14.3 Å². The number of benzene rings is 1. The Morgan fingerprint density at radius 1 is 1.26 bits per heavy atom. The summed E-state index contributed by atoms with van der Waals surface area (Å²) in [5.41, 5.74) is 3.42. The topological polar surface area (TPSA) is 99.5 Å². The molecule has 2 aliphatic rings. The molecule has 2 atom stereocenters. The standard InChI is InChI=1S/C24H29N5O5/c1-3-32-19-11-16-10-17(12-19)25-5-7-28-18(13-21(24(28)30)33-9-8-31-2)15-34-22-4-6-29-23(27-22)20(16)14-26-29/h4,6,10-12,14,18,21,25H,3,5,7-9,13,15H2,1-2H3/t18-,21+/m0/s1. The molecule has 0 saturated carbocycles. The van der Waals surface area contributed by atoms with Crippen LogP contribution in [0.3, 0.4) is 0 Å². The van der Waals surface area contributed by atoms with Gasteiger partial charge in [0, 0.05) is 56.2 Å². The lowest BCUT2D eigenvalue weighted by atomic mass is 10.1. The highest BCUT2D eigenvalue weighted by molar-refractivity contribution is 5.84. The first-order valence-electron chi connectivity index (χ1n) is 11.6. The monoisotopic (exact) mass is 467 g/mol. The Morgan fingerprint density at radius 3 is 3.03 bits per heavy atom. The number of carbonyl (C=O) groups excluding carboxylic acids is 1. The number of nitrogens with zero attached hydrogens (tertiary/aromatic N) is 4. The lowest BCUT2D eigenvalue weighted by Gasteiger charge is -2.25. The third kappa shape index (κ3) is 4.51. The Morgan fingerprint density at radius 2 is 2.18 bits per heavy atom. The van der Waals surface area contributed by atoms with E-state index in [0.717, 1.165) is 22.6 Å². The van der Waals surface area contributed by atoms with Gasteiger partial charge in [-0.25, -0.2) is 4.52 Å². The molecule has 1 fully saturated rings. The molecular weight excluding hydrogens is 438 g/mol. The van der Waals surface area contributed by atoms with E-state index in [2.05, 4.69) is 10.4 Å². The van der Waals surface area contributed by atoms with Crippen molar-refractivity contribution >= 4 is 17.2 Å². The van der Waals surface area contributed by atoms with Crippen LogP contribution < -0.4 is 14.8 Å². The number of aromatic nitrogens is 3. The first-order chi connectivity index (χ1) is 16.7. The maximum absolute atomic E-state index is 13.1. The first kappa shape index (κ1) is 22.4. The van der Waals surface area contributed by atoms with Crippen molar-refractivity contribution in [3.05, 3.63) is 36.7 Å². The van der Waals surface area contributed by atoms with Crippen LogP contribution in [0.4, 0.5) is 5.69 Å². The number of rotatable bonds is 6. The van der Waals surface area contributed by atoms with Gasteiger partial charge >= 0.3 is 0 Å². The van der Waals surface area contributed by atoms with Crippen molar-refractivity contribution < 1.29 is 23.7 Å². The molecular formula is C24H29N5O5. The number of hydrogen-bond donors (Lipinski definition) is 1. The molecule has 5 rings (SSSR count). The van der Waals surface area contributed by atoms with Crippen LogP contribution in [-0.4, -0.2) is 84.2 Å². The minimum Gasteiger partial charge on any atom is -0.494 e. The number of hydrogen-bond acceptors (Lipinski definition) is 8. The summed E-state index contributed by atoms with van der Waals surface area (Å²) in [4.78, 5) is 19.6. The average molecular weight is 468 g/mol. The van der Waals surface area contributed by atoms with Crippen LogP contribution in [0.1, 0.15) is 13.3 Å². The summed E-state index contributed by atoms with van der Waals surface area (Å²) in [5.74, 6) is 1.22. The van der Waals surface area contributed by atoms with Crippen LogP contribution in [0.2, 0.25) is 0 Å². The fourth-order valence-electron chi connectivity index (χ4n) is 4.45. The van der Waals surface area contributed by atoms with E-state index in [0.29, 0.717) is 57.5 Å². The summed E-state index contributed by atoms with van der Waals surface area (Å²) < 4.78 is 24.4. The normalized spacial score (nSPS) is 20.1. The zero-order valence-corrected chi connectivity index (χ0v) is 19.4. The molecule has 0 aliphatic carbocycles. The minimum absolute atomic E-state index is 0.0242. The summed E-state index contributed by atoms with van der Waals surface area (Å²) in [6.07, 6.45) is 3.69. The van der Waals surface area contributed by atoms with E-state index in [1.807, 2.05) is 36.2 Å². The van der Waals surface area contributed by atoms with Gasteiger partial charge in [-0.2, -0.15) is 10.1 Å². The van der Waals surface area contributed by atoms with Crippen LogP contribution in [0.5, 0.6) is 11.6 Å². The van der Waals surface area contributed by atoms with Gasteiger partial charge in [0.25, 0.3) is 5.91 Å². The van der Waals surface area contributed by atoms with Crippen molar-refractivity contribution in [1.29, 1.82) is 0 Å². The Hall–Kier alpha value is -3.37. The summed E-state index contributed by atoms with van der Waals surface area (Å²) >= 11 is 0. The fourth-order valence-corrected chi connectivity index (χ4v) is 4.45. The quantitative estimate of drug-likeness (QED) is 0.551. The molecule has 0 unspecified atom stereocenters. The molecule has 4 heterocycles. The number of nitrogens with one attached hydrogen (secondary N) is 1. The molecule has 2 aromatic heterocycles. The highest BCUT2D eigenvalue weighted by atomic mass is 16.5. The Balaban J connectivity index is 1.48. The molecule has 1 aromatic carbocycles. The molecule has 2 aliphatic heterocycles. The average Bonchev–Trinajstić information content (AvgIpc) is 3.39. The maximum Gasteiger partial charge on any atom is 0.252 e. The highest BCUT2D eigenvalue weighted by Crippen LogP contribution is 2.32. The predicted octanol–water partition coefficient (Wildman–Crippen LogP) is 2.23.